The number of hydrogen-bond acceptors (Lipinski definition) is 5. The maximum Gasteiger partial charge on any atom is 0.289 e. The van der Waals surface area contributed by atoms with Crippen molar-refractivity contribution in [3.05, 3.63) is 48.0 Å². The van der Waals surface area contributed by atoms with Crippen molar-refractivity contribution in [1.29, 1.82) is 0 Å². The van der Waals surface area contributed by atoms with Crippen molar-refractivity contribution >= 4 is 29.4 Å². The number of amides is 4. The quantitative estimate of drug-likeness (QED) is 0.294. The lowest BCUT2D eigenvalue weighted by Crippen LogP contribution is -2.58. The van der Waals surface area contributed by atoms with Crippen LogP contribution in [0.25, 0.3) is 0 Å². The molecule has 2 unspecified atom stereocenters. The lowest BCUT2D eigenvalue weighted by atomic mass is 9.91. The first-order chi connectivity index (χ1) is 18.5. The Hall–Kier alpha value is -3.49. The molecule has 1 saturated heterocycles. The molecule has 4 amide bonds. The van der Waals surface area contributed by atoms with Crippen LogP contribution in [0.5, 0.6) is 0 Å². The third-order valence-corrected chi connectivity index (χ3v) is 7.47. The standard InChI is InChI=1S/C30H42N4O5/c1-6-11-22(25(35)27(37)31-15-7-2)32-26(36)23-14-10-16-34(23)28(38)24(33-29(39)30(3,4)5)21-17-19-12-8-9-13-20(19)18-21/h7-9,12-13,21-24H,2,6,10-11,14-18H2,1,3-5H3,(H,31,37)(H,32,36)(H,33,39)/t22?,23-,24?/m0/s1. The minimum absolute atomic E-state index is 0.131. The molecule has 212 valence electrons. The molecular formula is C30H42N4O5. The van der Waals surface area contributed by atoms with Crippen LogP contribution in [0.1, 0.15) is 64.5 Å². The van der Waals surface area contributed by atoms with E-state index >= 15 is 0 Å². The molecule has 0 saturated carbocycles. The largest absolute Gasteiger partial charge is 0.346 e. The van der Waals surface area contributed by atoms with E-state index < -0.39 is 41.1 Å². The summed E-state index contributed by atoms with van der Waals surface area (Å²) in [6.45, 7) is 11.3. The number of Topliss-reactive ketones (excluding diaryl/α,β-unsaturated/α-hetero) is 1. The Morgan fingerprint density at radius 3 is 2.28 bits per heavy atom. The summed E-state index contributed by atoms with van der Waals surface area (Å²) in [4.78, 5) is 67.0. The number of ketones is 1. The molecule has 0 aromatic heterocycles. The van der Waals surface area contributed by atoms with Crippen molar-refractivity contribution in [3.8, 4) is 0 Å². The number of carbonyl (C=O) groups is 5. The molecule has 0 radical (unpaired) electrons. The van der Waals surface area contributed by atoms with Gasteiger partial charge in [-0.15, -0.1) is 6.58 Å². The van der Waals surface area contributed by atoms with Crippen molar-refractivity contribution in [3.63, 3.8) is 0 Å². The number of rotatable bonds is 11. The smallest absolute Gasteiger partial charge is 0.289 e. The fourth-order valence-electron chi connectivity index (χ4n) is 5.28. The average Bonchev–Trinajstić information content (AvgIpc) is 3.56. The van der Waals surface area contributed by atoms with E-state index in [1.165, 1.54) is 11.0 Å². The van der Waals surface area contributed by atoms with Crippen LogP contribution in [0.4, 0.5) is 0 Å². The second kappa shape index (κ2) is 13.0. The fraction of sp³-hybridized carbons (Fsp3) is 0.567. The third kappa shape index (κ3) is 7.34. The third-order valence-electron chi connectivity index (χ3n) is 7.47. The highest BCUT2D eigenvalue weighted by Crippen LogP contribution is 2.31. The summed E-state index contributed by atoms with van der Waals surface area (Å²) in [5.74, 6) is -2.60. The molecule has 9 nitrogen and oxygen atoms in total. The first kappa shape index (κ1) is 30.1. The molecular weight excluding hydrogens is 496 g/mol. The summed E-state index contributed by atoms with van der Waals surface area (Å²) < 4.78 is 0. The van der Waals surface area contributed by atoms with Gasteiger partial charge in [-0.3, -0.25) is 24.0 Å². The van der Waals surface area contributed by atoms with Gasteiger partial charge >= 0.3 is 0 Å². The highest BCUT2D eigenvalue weighted by atomic mass is 16.2. The van der Waals surface area contributed by atoms with Gasteiger partial charge in [0.05, 0.1) is 6.04 Å². The molecule has 2 aliphatic rings. The molecule has 3 rings (SSSR count). The van der Waals surface area contributed by atoms with E-state index in [4.69, 9.17) is 0 Å². The first-order valence-electron chi connectivity index (χ1n) is 13.9. The fourth-order valence-corrected chi connectivity index (χ4v) is 5.28. The molecule has 9 heteroatoms. The summed E-state index contributed by atoms with van der Waals surface area (Å²) in [6, 6.07) is 5.49. The summed E-state index contributed by atoms with van der Waals surface area (Å²) in [5.41, 5.74) is 1.64. The van der Waals surface area contributed by atoms with E-state index in [-0.39, 0.29) is 24.3 Å². The summed E-state index contributed by atoms with van der Waals surface area (Å²) in [7, 11) is 0. The van der Waals surface area contributed by atoms with Gasteiger partial charge in [0.2, 0.25) is 23.5 Å². The van der Waals surface area contributed by atoms with Crippen LogP contribution in [0.15, 0.2) is 36.9 Å². The average molecular weight is 539 g/mol. The summed E-state index contributed by atoms with van der Waals surface area (Å²) >= 11 is 0. The molecule has 1 aromatic rings. The predicted octanol–water partition coefficient (Wildman–Crippen LogP) is 2.08. The lowest BCUT2D eigenvalue weighted by molar-refractivity contribution is -0.145. The van der Waals surface area contributed by atoms with Gasteiger partial charge in [-0.25, -0.2) is 0 Å². The highest BCUT2D eigenvalue weighted by molar-refractivity contribution is 6.38. The van der Waals surface area contributed by atoms with Gasteiger partial charge in [0.15, 0.2) is 0 Å². The first-order valence-corrected chi connectivity index (χ1v) is 13.9. The molecule has 1 aliphatic heterocycles. The second-order valence-electron chi connectivity index (χ2n) is 11.5. The molecule has 1 heterocycles. The normalized spacial score (nSPS) is 18.6. The van der Waals surface area contributed by atoms with Crippen molar-refractivity contribution in [2.45, 2.75) is 84.3 Å². The molecule has 39 heavy (non-hydrogen) atoms. The maximum absolute atomic E-state index is 14.0. The maximum atomic E-state index is 14.0. The Labute approximate surface area is 231 Å². The molecule has 0 bridgehead atoms. The second-order valence-corrected chi connectivity index (χ2v) is 11.5. The number of hydrogen-bond donors (Lipinski definition) is 3. The van der Waals surface area contributed by atoms with Crippen molar-refractivity contribution in [2.75, 3.05) is 13.1 Å². The zero-order valence-corrected chi connectivity index (χ0v) is 23.5. The van der Waals surface area contributed by atoms with Crippen molar-refractivity contribution in [2.24, 2.45) is 11.3 Å². The van der Waals surface area contributed by atoms with Crippen LogP contribution in [-0.2, 0) is 36.8 Å². The van der Waals surface area contributed by atoms with Crippen LogP contribution in [0.3, 0.4) is 0 Å². The van der Waals surface area contributed by atoms with Gasteiger partial charge in [0.1, 0.15) is 12.1 Å². The molecule has 0 spiro atoms. The van der Waals surface area contributed by atoms with Gasteiger partial charge in [0.25, 0.3) is 5.91 Å². The van der Waals surface area contributed by atoms with Crippen LogP contribution >= 0.6 is 0 Å². The Bertz CT molecular complexity index is 1080. The lowest BCUT2D eigenvalue weighted by Gasteiger charge is -2.33. The zero-order chi connectivity index (χ0) is 28.7. The molecule has 1 aromatic carbocycles. The number of carbonyl (C=O) groups excluding carboxylic acids is 5. The zero-order valence-electron chi connectivity index (χ0n) is 23.5. The van der Waals surface area contributed by atoms with E-state index in [2.05, 4.69) is 22.5 Å². The van der Waals surface area contributed by atoms with Crippen LogP contribution in [0, 0.1) is 11.3 Å². The topological polar surface area (TPSA) is 125 Å². The van der Waals surface area contributed by atoms with E-state index in [0.717, 1.165) is 11.1 Å². The summed E-state index contributed by atoms with van der Waals surface area (Å²) in [5, 5.41) is 8.20. The number of fused-ring (bicyclic) bond motifs is 1. The Morgan fingerprint density at radius 2 is 1.72 bits per heavy atom. The van der Waals surface area contributed by atoms with E-state index in [1.807, 2.05) is 31.2 Å². The number of likely N-dealkylation sites (tertiary alicyclic amines) is 1. The number of nitrogens with one attached hydrogen (secondary N) is 3. The van der Waals surface area contributed by atoms with Crippen LogP contribution in [-0.4, -0.2) is 65.5 Å². The van der Waals surface area contributed by atoms with Crippen LogP contribution < -0.4 is 16.0 Å². The van der Waals surface area contributed by atoms with Crippen LogP contribution in [0.2, 0.25) is 0 Å². The highest BCUT2D eigenvalue weighted by Gasteiger charge is 2.43. The Balaban J connectivity index is 1.79. The van der Waals surface area contributed by atoms with Gasteiger partial charge < -0.3 is 20.9 Å². The van der Waals surface area contributed by atoms with Gasteiger partial charge in [-0.2, -0.15) is 0 Å². The molecule has 1 aliphatic carbocycles. The van der Waals surface area contributed by atoms with Crippen molar-refractivity contribution < 1.29 is 24.0 Å². The number of nitrogens with zero attached hydrogens (tertiary/aromatic N) is 1. The van der Waals surface area contributed by atoms with Gasteiger partial charge in [0, 0.05) is 18.5 Å². The molecule has 3 atom stereocenters. The monoisotopic (exact) mass is 538 g/mol. The predicted molar refractivity (Wildman–Crippen MR) is 149 cm³/mol. The minimum atomic E-state index is -0.981. The number of benzene rings is 1. The Kier molecular flexibility index (Phi) is 10.1. The van der Waals surface area contributed by atoms with Crippen molar-refractivity contribution in [1.82, 2.24) is 20.9 Å². The van der Waals surface area contributed by atoms with Gasteiger partial charge in [-0.05, 0) is 49.1 Å². The van der Waals surface area contributed by atoms with E-state index in [9.17, 15) is 24.0 Å². The molecule has 3 N–H and O–H groups in total. The Morgan fingerprint density at radius 1 is 1.08 bits per heavy atom. The molecule has 1 fully saturated rings. The van der Waals surface area contributed by atoms with Gasteiger partial charge in [-0.1, -0.05) is 64.5 Å². The minimum Gasteiger partial charge on any atom is -0.346 e. The van der Waals surface area contributed by atoms with E-state index in [1.54, 1.807) is 20.8 Å². The van der Waals surface area contributed by atoms with E-state index in [0.29, 0.717) is 45.1 Å². The SMILES string of the molecule is C=CCNC(=O)C(=O)C(CCC)NC(=O)[C@@H]1CCCN1C(=O)C(NC(=O)C(C)(C)C)C1Cc2ccccc2C1. The summed E-state index contributed by atoms with van der Waals surface area (Å²) in [6.07, 6.45) is 4.75.